The van der Waals surface area contributed by atoms with Gasteiger partial charge >= 0.3 is 0 Å². The molecule has 5 rings (SSSR count). The highest BCUT2D eigenvalue weighted by Crippen LogP contribution is 2.28. The van der Waals surface area contributed by atoms with Crippen LogP contribution in [0, 0.1) is 6.92 Å². The summed E-state index contributed by atoms with van der Waals surface area (Å²) in [5.74, 6) is 1.12. The van der Waals surface area contributed by atoms with E-state index in [1.165, 1.54) is 6.20 Å². The number of nitrogens with one attached hydrogen (secondary N) is 2. The zero-order valence-electron chi connectivity index (χ0n) is 16.5. The van der Waals surface area contributed by atoms with Gasteiger partial charge in [0.2, 0.25) is 0 Å². The zero-order chi connectivity index (χ0) is 20.5. The van der Waals surface area contributed by atoms with Crippen LogP contribution in [-0.2, 0) is 0 Å². The first kappa shape index (κ1) is 18.4. The van der Waals surface area contributed by atoms with Crippen molar-refractivity contribution in [3.63, 3.8) is 0 Å². The van der Waals surface area contributed by atoms with Crippen molar-refractivity contribution >= 4 is 17.4 Å². The van der Waals surface area contributed by atoms with E-state index in [0.717, 1.165) is 37.3 Å². The number of fused-ring (bicyclic) bond motifs is 1. The summed E-state index contributed by atoms with van der Waals surface area (Å²) in [5, 5.41) is 15.3. The summed E-state index contributed by atoms with van der Waals surface area (Å²) in [5.41, 5.74) is 2.64. The van der Waals surface area contributed by atoms with Crippen LogP contribution in [0.25, 0.3) is 11.5 Å². The molecule has 0 saturated carbocycles. The quantitative estimate of drug-likeness (QED) is 0.533. The van der Waals surface area contributed by atoms with Crippen LogP contribution in [0.3, 0.4) is 0 Å². The molecule has 4 aromatic heterocycles. The van der Waals surface area contributed by atoms with Gasteiger partial charge in [0, 0.05) is 24.4 Å². The van der Waals surface area contributed by atoms with Crippen LogP contribution < -0.4 is 10.6 Å². The molecule has 1 aliphatic heterocycles. The van der Waals surface area contributed by atoms with Crippen LogP contribution in [0.15, 0.2) is 43.1 Å². The predicted octanol–water partition coefficient (Wildman–Crippen LogP) is 1.73. The number of hydrogen-bond acceptors (Lipinski definition) is 7. The maximum atomic E-state index is 13.0. The molecule has 0 spiro atoms. The Kier molecular flexibility index (Phi) is 4.68. The molecule has 4 aromatic rings. The molecule has 1 amide bonds. The highest BCUT2D eigenvalue weighted by Gasteiger charge is 2.23. The largest absolute Gasteiger partial charge is 0.317 e. The topological polar surface area (TPSA) is 115 Å². The van der Waals surface area contributed by atoms with Crippen LogP contribution in [-0.4, -0.2) is 53.3 Å². The molecule has 0 bridgehead atoms. The summed E-state index contributed by atoms with van der Waals surface area (Å²) in [6, 6.07) is 3.69. The minimum Gasteiger partial charge on any atom is -0.317 e. The molecule has 1 fully saturated rings. The first-order valence-electron chi connectivity index (χ1n) is 9.88. The second-order valence-corrected chi connectivity index (χ2v) is 7.31. The van der Waals surface area contributed by atoms with Crippen molar-refractivity contribution in [3.05, 3.63) is 60.1 Å². The molecule has 10 heteroatoms. The molecule has 0 radical (unpaired) electrons. The lowest BCUT2D eigenvalue weighted by atomic mass is 9.95. The number of anilines is 1. The predicted molar refractivity (Wildman–Crippen MR) is 110 cm³/mol. The third-order valence-electron chi connectivity index (χ3n) is 5.24. The molecule has 0 aromatic carbocycles. The Hall–Kier alpha value is -3.66. The van der Waals surface area contributed by atoms with Gasteiger partial charge in [-0.05, 0) is 38.9 Å². The molecule has 5 heterocycles. The van der Waals surface area contributed by atoms with Gasteiger partial charge in [-0.25, -0.2) is 14.5 Å². The number of aryl methyl sites for hydroxylation is 1. The van der Waals surface area contributed by atoms with E-state index in [2.05, 4.69) is 30.7 Å². The lowest BCUT2D eigenvalue weighted by molar-refractivity contribution is 0.102. The van der Waals surface area contributed by atoms with Crippen molar-refractivity contribution in [2.45, 2.75) is 25.7 Å². The van der Waals surface area contributed by atoms with Crippen molar-refractivity contribution in [2.75, 3.05) is 18.4 Å². The van der Waals surface area contributed by atoms with Crippen molar-refractivity contribution in [1.29, 1.82) is 0 Å². The lowest BCUT2D eigenvalue weighted by Gasteiger charge is -2.20. The van der Waals surface area contributed by atoms with Gasteiger partial charge in [-0.3, -0.25) is 9.78 Å². The van der Waals surface area contributed by atoms with Crippen LogP contribution >= 0.6 is 0 Å². The number of amides is 1. The first-order chi connectivity index (χ1) is 14.7. The fourth-order valence-electron chi connectivity index (χ4n) is 3.65. The standard InChI is InChI=1S/C20H21N9O/c1-13-10-24-18(12-23-13)29-17(9-16(27-29)14-3-6-21-7-4-14)26-20(30)15-11-25-28-8-2-5-22-19(15)28/h2,5,8-12,14,21H,3-4,6-7H2,1H3,(H,26,30). The van der Waals surface area contributed by atoms with Crippen molar-refractivity contribution in [3.8, 4) is 5.82 Å². The molecular weight excluding hydrogens is 382 g/mol. The van der Waals surface area contributed by atoms with Gasteiger partial charge in [-0.2, -0.15) is 14.9 Å². The monoisotopic (exact) mass is 403 g/mol. The van der Waals surface area contributed by atoms with Crippen LogP contribution in [0.5, 0.6) is 0 Å². The van der Waals surface area contributed by atoms with E-state index in [1.54, 1.807) is 40.1 Å². The molecule has 1 saturated heterocycles. The van der Waals surface area contributed by atoms with Crippen molar-refractivity contribution in [1.82, 2.24) is 39.7 Å². The molecule has 30 heavy (non-hydrogen) atoms. The number of rotatable bonds is 4. The van der Waals surface area contributed by atoms with Gasteiger partial charge in [0.15, 0.2) is 11.5 Å². The minimum atomic E-state index is -0.304. The number of nitrogens with zero attached hydrogens (tertiary/aromatic N) is 7. The van der Waals surface area contributed by atoms with Gasteiger partial charge in [0.1, 0.15) is 11.4 Å². The van der Waals surface area contributed by atoms with Gasteiger partial charge in [0.25, 0.3) is 5.91 Å². The van der Waals surface area contributed by atoms with Crippen molar-refractivity contribution in [2.24, 2.45) is 0 Å². The maximum absolute atomic E-state index is 13.0. The number of carbonyl (C=O) groups is 1. The van der Waals surface area contributed by atoms with E-state index in [1.807, 2.05) is 13.0 Å². The van der Waals surface area contributed by atoms with Crippen LogP contribution in [0.4, 0.5) is 5.82 Å². The molecular formula is C20H21N9O. The van der Waals surface area contributed by atoms with E-state index in [4.69, 9.17) is 5.10 Å². The second-order valence-electron chi connectivity index (χ2n) is 7.31. The van der Waals surface area contributed by atoms with E-state index in [0.29, 0.717) is 28.8 Å². The number of piperidine rings is 1. The second kappa shape index (κ2) is 7.64. The summed E-state index contributed by atoms with van der Waals surface area (Å²) >= 11 is 0. The van der Waals surface area contributed by atoms with Gasteiger partial charge in [0.05, 0.1) is 30.0 Å². The van der Waals surface area contributed by atoms with Gasteiger partial charge in [-0.1, -0.05) is 0 Å². The fraction of sp³-hybridized carbons (Fsp3) is 0.300. The summed E-state index contributed by atoms with van der Waals surface area (Å²) in [4.78, 5) is 26.0. The highest BCUT2D eigenvalue weighted by molar-refractivity contribution is 6.07. The first-order valence-corrected chi connectivity index (χ1v) is 9.88. The zero-order valence-corrected chi connectivity index (χ0v) is 16.5. The summed E-state index contributed by atoms with van der Waals surface area (Å²) in [7, 11) is 0. The van der Waals surface area contributed by atoms with Crippen molar-refractivity contribution < 1.29 is 4.79 Å². The Morgan fingerprint density at radius 1 is 1.17 bits per heavy atom. The Morgan fingerprint density at radius 2 is 2.03 bits per heavy atom. The Bertz CT molecular complexity index is 1190. The van der Waals surface area contributed by atoms with Gasteiger partial charge in [-0.15, -0.1) is 0 Å². The molecule has 0 unspecified atom stereocenters. The molecule has 2 N–H and O–H groups in total. The molecule has 0 atom stereocenters. The number of aromatic nitrogens is 7. The number of carbonyl (C=O) groups excluding carboxylic acids is 1. The average Bonchev–Trinajstić information content (AvgIpc) is 3.39. The smallest absolute Gasteiger partial charge is 0.262 e. The molecule has 0 aliphatic carbocycles. The van der Waals surface area contributed by atoms with E-state index < -0.39 is 0 Å². The van der Waals surface area contributed by atoms with E-state index in [-0.39, 0.29) is 5.91 Å². The van der Waals surface area contributed by atoms with Crippen LogP contribution in [0.1, 0.15) is 40.5 Å². The Morgan fingerprint density at radius 3 is 2.83 bits per heavy atom. The summed E-state index contributed by atoms with van der Waals surface area (Å²) < 4.78 is 3.21. The van der Waals surface area contributed by atoms with Gasteiger partial charge < -0.3 is 10.6 Å². The normalized spacial score (nSPS) is 14.8. The summed E-state index contributed by atoms with van der Waals surface area (Å²) in [6.07, 6.45) is 10.2. The maximum Gasteiger partial charge on any atom is 0.262 e. The minimum absolute atomic E-state index is 0.304. The Labute approximate surface area is 172 Å². The van der Waals surface area contributed by atoms with E-state index >= 15 is 0 Å². The summed E-state index contributed by atoms with van der Waals surface area (Å²) in [6.45, 7) is 3.79. The lowest BCUT2D eigenvalue weighted by Crippen LogP contribution is -2.26. The SMILES string of the molecule is Cc1cnc(-n2nc(C3CCNCC3)cc2NC(=O)c2cnn3cccnc23)cn1. The van der Waals surface area contributed by atoms with Crippen LogP contribution in [0.2, 0.25) is 0 Å². The molecule has 10 nitrogen and oxygen atoms in total. The third-order valence-corrected chi connectivity index (χ3v) is 5.24. The van der Waals surface area contributed by atoms with E-state index in [9.17, 15) is 4.79 Å². The molecule has 152 valence electrons. The highest BCUT2D eigenvalue weighted by atomic mass is 16.1. The molecule has 1 aliphatic rings. The average molecular weight is 403 g/mol. The fourth-order valence-corrected chi connectivity index (χ4v) is 3.65. The number of hydrogen-bond donors (Lipinski definition) is 2. The Balaban J connectivity index is 1.51. The third kappa shape index (κ3) is 3.41.